The van der Waals surface area contributed by atoms with E-state index in [0.29, 0.717) is 28.6 Å². The Hall–Kier alpha value is -3.94. The van der Waals surface area contributed by atoms with Crippen molar-refractivity contribution in [2.45, 2.75) is 6.17 Å². The molecule has 0 radical (unpaired) electrons. The normalized spacial score (nSPS) is 15.5. The lowest BCUT2D eigenvalue weighted by Crippen LogP contribution is -2.42. The van der Waals surface area contributed by atoms with Crippen LogP contribution in [0, 0.1) is 17.5 Å². The summed E-state index contributed by atoms with van der Waals surface area (Å²) in [4.78, 5) is 29.5. The Morgan fingerprint density at radius 2 is 1.57 bits per heavy atom. The molecule has 0 saturated carbocycles. The molecule has 1 aliphatic rings. The Morgan fingerprint density at radius 1 is 0.900 bits per heavy atom. The third-order valence-electron chi connectivity index (χ3n) is 4.52. The molecule has 3 aromatic carbocycles. The van der Waals surface area contributed by atoms with Gasteiger partial charge in [0.15, 0.2) is 11.6 Å². The minimum absolute atomic E-state index is 0.270. The predicted molar refractivity (Wildman–Crippen MR) is 105 cm³/mol. The summed E-state index contributed by atoms with van der Waals surface area (Å²) in [6, 6.07) is 16.7. The topological polar surface area (TPSA) is 70.6 Å². The van der Waals surface area contributed by atoms with Crippen LogP contribution in [0.4, 0.5) is 18.9 Å². The number of aliphatic imine (C=N–C) groups is 1. The SMILES string of the molecule is O=C(N[C@H]1N=C(c2ccccc2)c2ccccc2NC1=O)c1cc(F)c(F)cc1F. The van der Waals surface area contributed by atoms with Crippen molar-refractivity contribution in [1.29, 1.82) is 0 Å². The summed E-state index contributed by atoms with van der Waals surface area (Å²) in [5.41, 5.74) is 1.51. The number of halogens is 3. The zero-order chi connectivity index (χ0) is 21.3. The van der Waals surface area contributed by atoms with Gasteiger partial charge in [-0.1, -0.05) is 48.5 Å². The zero-order valence-corrected chi connectivity index (χ0v) is 15.3. The number of carbonyl (C=O) groups is 2. The van der Waals surface area contributed by atoms with Crippen LogP contribution in [0.25, 0.3) is 0 Å². The van der Waals surface area contributed by atoms with Crippen LogP contribution in [-0.4, -0.2) is 23.7 Å². The van der Waals surface area contributed by atoms with E-state index < -0.39 is 41.0 Å². The Morgan fingerprint density at radius 3 is 2.33 bits per heavy atom. The number of hydrogen-bond acceptors (Lipinski definition) is 3. The number of amides is 2. The Balaban J connectivity index is 1.74. The number of rotatable bonds is 3. The van der Waals surface area contributed by atoms with Gasteiger partial charge in [0, 0.05) is 17.2 Å². The molecule has 1 aliphatic heterocycles. The number of nitrogens with zero attached hydrogens (tertiary/aromatic N) is 1. The second-order valence-corrected chi connectivity index (χ2v) is 6.50. The van der Waals surface area contributed by atoms with Crippen molar-refractivity contribution in [3.63, 3.8) is 0 Å². The molecule has 0 spiro atoms. The third kappa shape index (κ3) is 3.67. The number of fused-ring (bicyclic) bond motifs is 1. The Bertz CT molecular complexity index is 1180. The van der Waals surface area contributed by atoms with Crippen LogP contribution >= 0.6 is 0 Å². The van der Waals surface area contributed by atoms with Crippen molar-refractivity contribution in [3.05, 3.63) is 101 Å². The van der Waals surface area contributed by atoms with Crippen molar-refractivity contribution in [2.75, 3.05) is 5.32 Å². The molecule has 0 saturated heterocycles. The average molecular weight is 409 g/mol. The summed E-state index contributed by atoms with van der Waals surface area (Å²) in [6.45, 7) is 0. The number of nitrogens with one attached hydrogen (secondary N) is 2. The van der Waals surface area contributed by atoms with Crippen molar-refractivity contribution < 1.29 is 22.8 Å². The lowest BCUT2D eigenvalue weighted by atomic mass is 10.0. The fourth-order valence-electron chi connectivity index (χ4n) is 3.08. The summed E-state index contributed by atoms with van der Waals surface area (Å²) in [5.74, 6) is -5.82. The fraction of sp³-hybridized carbons (Fsp3) is 0.0455. The molecule has 4 rings (SSSR count). The number of anilines is 1. The number of carbonyl (C=O) groups excluding carboxylic acids is 2. The molecule has 2 N–H and O–H groups in total. The van der Waals surface area contributed by atoms with Gasteiger partial charge in [-0.2, -0.15) is 0 Å². The predicted octanol–water partition coefficient (Wildman–Crippen LogP) is 3.65. The van der Waals surface area contributed by atoms with Crippen molar-refractivity contribution in [1.82, 2.24) is 5.32 Å². The summed E-state index contributed by atoms with van der Waals surface area (Å²) in [7, 11) is 0. The van der Waals surface area contributed by atoms with E-state index in [0.717, 1.165) is 0 Å². The molecule has 5 nitrogen and oxygen atoms in total. The monoisotopic (exact) mass is 409 g/mol. The molecule has 3 aromatic rings. The highest BCUT2D eigenvalue weighted by Gasteiger charge is 2.28. The van der Waals surface area contributed by atoms with Crippen LogP contribution in [0.3, 0.4) is 0 Å². The summed E-state index contributed by atoms with van der Waals surface area (Å²) in [5, 5.41) is 4.95. The quantitative estimate of drug-likeness (QED) is 0.649. The minimum Gasteiger partial charge on any atom is -0.322 e. The van der Waals surface area contributed by atoms with Crippen LogP contribution in [0.15, 0.2) is 71.7 Å². The highest BCUT2D eigenvalue weighted by atomic mass is 19.2. The Kier molecular flexibility index (Phi) is 5.05. The lowest BCUT2D eigenvalue weighted by Gasteiger charge is -2.14. The smallest absolute Gasteiger partial charge is 0.269 e. The molecule has 8 heteroatoms. The summed E-state index contributed by atoms with van der Waals surface area (Å²) < 4.78 is 40.6. The molecule has 30 heavy (non-hydrogen) atoms. The van der Waals surface area contributed by atoms with Gasteiger partial charge in [0.25, 0.3) is 11.8 Å². The molecular formula is C22H14F3N3O2. The van der Waals surface area contributed by atoms with Gasteiger partial charge in [-0.05, 0) is 12.1 Å². The number of hydrogen-bond donors (Lipinski definition) is 2. The standard InChI is InChI=1S/C22H14F3N3O2/c23-15-11-17(25)16(24)10-14(15)21(29)28-20-22(30)26-18-9-5-4-8-13(18)19(27-20)12-6-2-1-3-7-12/h1-11,20H,(H,26,30)(H,28,29)/t20-/m1/s1. The molecule has 0 bridgehead atoms. The van der Waals surface area contributed by atoms with E-state index in [1.54, 1.807) is 48.5 Å². The highest BCUT2D eigenvalue weighted by molar-refractivity contribution is 6.20. The minimum atomic E-state index is -1.42. The van der Waals surface area contributed by atoms with Gasteiger partial charge in [0.1, 0.15) is 5.82 Å². The van der Waals surface area contributed by atoms with E-state index >= 15 is 0 Å². The molecule has 0 aliphatic carbocycles. The molecule has 150 valence electrons. The first-order valence-electron chi connectivity index (χ1n) is 8.93. The van der Waals surface area contributed by atoms with Crippen molar-refractivity contribution in [3.8, 4) is 0 Å². The van der Waals surface area contributed by atoms with Crippen LogP contribution in [0.2, 0.25) is 0 Å². The van der Waals surface area contributed by atoms with Gasteiger partial charge in [-0.3, -0.25) is 9.59 Å². The Labute approximate surface area is 169 Å². The zero-order valence-electron chi connectivity index (χ0n) is 15.3. The van der Waals surface area contributed by atoms with Crippen molar-refractivity contribution >= 4 is 23.2 Å². The van der Waals surface area contributed by atoms with Crippen LogP contribution in [0.1, 0.15) is 21.5 Å². The van der Waals surface area contributed by atoms with Crippen LogP contribution in [-0.2, 0) is 4.79 Å². The third-order valence-corrected chi connectivity index (χ3v) is 4.52. The molecule has 0 unspecified atom stereocenters. The number of para-hydroxylation sites is 1. The summed E-state index contributed by atoms with van der Waals surface area (Å²) in [6.07, 6.45) is -1.42. The lowest BCUT2D eigenvalue weighted by molar-refractivity contribution is -0.117. The highest BCUT2D eigenvalue weighted by Crippen LogP contribution is 2.24. The van der Waals surface area contributed by atoms with E-state index in [4.69, 9.17) is 0 Å². The molecule has 0 fully saturated rings. The maximum absolute atomic E-state index is 14.0. The van der Waals surface area contributed by atoms with Gasteiger partial charge >= 0.3 is 0 Å². The maximum atomic E-state index is 14.0. The van der Waals surface area contributed by atoms with Crippen LogP contribution in [0.5, 0.6) is 0 Å². The molecule has 2 amide bonds. The van der Waals surface area contributed by atoms with Gasteiger partial charge < -0.3 is 10.6 Å². The van der Waals surface area contributed by atoms with E-state index in [-0.39, 0.29) is 6.07 Å². The number of benzodiazepines with no additional fused rings is 1. The largest absolute Gasteiger partial charge is 0.322 e. The second-order valence-electron chi connectivity index (χ2n) is 6.50. The van der Waals surface area contributed by atoms with Gasteiger partial charge in [-0.25, -0.2) is 18.2 Å². The fourth-order valence-corrected chi connectivity index (χ4v) is 3.08. The van der Waals surface area contributed by atoms with Gasteiger partial charge in [0.2, 0.25) is 6.17 Å². The number of benzene rings is 3. The van der Waals surface area contributed by atoms with E-state index in [1.807, 2.05) is 6.07 Å². The van der Waals surface area contributed by atoms with E-state index in [1.165, 1.54) is 0 Å². The first kappa shape index (κ1) is 19.4. The van der Waals surface area contributed by atoms with Gasteiger partial charge in [-0.15, -0.1) is 0 Å². The van der Waals surface area contributed by atoms with Gasteiger partial charge in [0.05, 0.1) is 17.0 Å². The molecule has 0 aromatic heterocycles. The second kappa shape index (κ2) is 7.82. The molecule has 1 heterocycles. The van der Waals surface area contributed by atoms with Crippen LogP contribution < -0.4 is 10.6 Å². The summed E-state index contributed by atoms with van der Waals surface area (Å²) >= 11 is 0. The first-order valence-corrected chi connectivity index (χ1v) is 8.93. The molecule has 1 atom stereocenters. The van der Waals surface area contributed by atoms with E-state index in [2.05, 4.69) is 15.6 Å². The van der Waals surface area contributed by atoms with E-state index in [9.17, 15) is 22.8 Å². The molecular weight excluding hydrogens is 395 g/mol. The first-order chi connectivity index (χ1) is 14.4. The average Bonchev–Trinajstić information content (AvgIpc) is 2.88. The van der Waals surface area contributed by atoms with Crippen molar-refractivity contribution in [2.24, 2.45) is 4.99 Å². The maximum Gasteiger partial charge on any atom is 0.269 e.